The first-order valence-corrected chi connectivity index (χ1v) is 8.63. The average Bonchev–Trinajstić information content (AvgIpc) is 2.91. The van der Waals surface area contributed by atoms with Crippen LogP contribution in [0, 0.1) is 19.8 Å². The molecule has 0 spiro atoms. The van der Waals surface area contributed by atoms with E-state index in [0.717, 1.165) is 42.8 Å². The quantitative estimate of drug-likeness (QED) is 0.907. The second-order valence-corrected chi connectivity index (χ2v) is 6.78. The zero-order valence-electron chi connectivity index (χ0n) is 14.3. The number of aliphatic hydroxyl groups is 1. The van der Waals surface area contributed by atoms with Crippen LogP contribution in [0.3, 0.4) is 0 Å². The lowest BCUT2D eigenvalue weighted by Gasteiger charge is -2.25. The second-order valence-electron chi connectivity index (χ2n) is 6.78. The van der Waals surface area contributed by atoms with Gasteiger partial charge in [0.2, 0.25) is 0 Å². The number of aromatic nitrogens is 2. The SMILES string of the molecule is Cc1cc(C)n(-c2ccc(C(=O)NCC3CCCC(O)C3)cc2)n1. The molecule has 1 aliphatic carbocycles. The first-order valence-electron chi connectivity index (χ1n) is 8.63. The number of hydrogen-bond acceptors (Lipinski definition) is 3. The van der Waals surface area contributed by atoms with Crippen molar-refractivity contribution in [3.63, 3.8) is 0 Å². The molecule has 1 amide bonds. The number of benzene rings is 1. The number of carbonyl (C=O) groups excluding carboxylic acids is 1. The van der Waals surface area contributed by atoms with Crippen LogP contribution >= 0.6 is 0 Å². The van der Waals surface area contributed by atoms with Gasteiger partial charge in [-0.1, -0.05) is 6.42 Å². The van der Waals surface area contributed by atoms with Crippen LogP contribution in [0.2, 0.25) is 0 Å². The van der Waals surface area contributed by atoms with E-state index in [1.54, 1.807) is 0 Å². The Morgan fingerprint density at radius 1 is 1.29 bits per heavy atom. The van der Waals surface area contributed by atoms with Crippen LogP contribution < -0.4 is 5.32 Å². The molecule has 1 aliphatic rings. The van der Waals surface area contributed by atoms with Gasteiger partial charge >= 0.3 is 0 Å². The number of carbonyl (C=O) groups is 1. The van der Waals surface area contributed by atoms with Gasteiger partial charge in [-0.3, -0.25) is 4.79 Å². The predicted molar refractivity (Wildman–Crippen MR) is 93.3 cm³/mol. The lowest BCUT2D eigenvalue weighted by Crippen LogP contribution is -2.32. The summed E-state index contributed by atoms with van der Waals surface area (Å²) >= 11 is 0. The van der Waals surface area contributed by atoms with Crippen molar-refractivity contribution < 1.29 is 9.90 Å². The highest BCUT2D eigenvalue weighted by atomic mass is 16.3. The number of nitrogens with one attached hydrogen (secondary N) is 1. The Morgan fingerprint density at radius 2 is 2.04 bits per heavy atom. The number of aliphatic hydroxyl groups excluding tert-OH is 1. The predicted octanol–water partition coefficient (Wildman–Crippen LogP) is 2.77. The summed E-state index contributed by atoms with van der Waals surface area (Å²) in [4.78, 5) is 12.3. The van der Waals surface area contributed by atoms with E-state index in [2.05, 4.69) is 10.4 Å². The Morgan fingerprint density at radius 3 is 2.67 bits per heavy atom. The van der Waals surface area contributed by atoms with Gasteiger partial charge in [0.25, 0.3) is 5.91 Å². The molecule has 0 radical (unpaired) electrons. The fourth-order valence-corrected chi connectivity index (χ4v) is 3.43. The third-order valence-electron chi connectivity index (χ3n) is 4.69. The van der Waals surface area contributed by atoms with E-state index < -0.39 is 0 Å². The van der Waals surface area contributed by atoms with Crippen molar-refractivity contribution in [3.8, 4) is 5.69 Å². The minimum absolute atomic E-state index is 0.0602. The van der Waals surface area contributed by atoms with Gasteiger partial charge in [0, 0.05) is 17.8 Å². The Bertz CT molecular complexity index is 706. The molecule has 0 bridgehead atoms. The summed E-state index contributed by atoms with van der Waals surface area (Å²) in [7, 11) is 0. The molecule has 1 aromatic carbocycles. The molecular formula is C19H25N3O2. The fraction of sp³-hybridized carbons (Fsp3) is 0.474. The lowest BCUT2D eigenvalue weighted by molar-refractivity contribution is 0.0874. The molecule has 24 heavy (non-hydrogen) atoms. The first-order chi connectivity index (χ1) is 11.5. The van der Waals surface area contributed by atoms with Crippen LogP contribution in [0.15, 0.2) is 30.3 Å². The topological polar surface area (TPSA) is 67.2 Å². The van der Waals surface area contributed by atoms with E-state index in [0.29, 0.717) is 18.0 Å². The third-order valence-corrected chi connectivity index (χ3v) is 4.69. The van der Waals surface area contributed by atoms with Crippen LogP contribution in [0.5, 0.6) is 0 Å². The zero-order chi connectivity index (χ0) is 17.1. The first kappa shape index (κ1) is 16.7. The van der Waals surface area contributed by atoms with E-state index in [1.807, 2.05) is 48.9 Å². The summed E-state index contributed by atoms with van der Waals surface area (Å²) < 4.78 is 1.88. The number of aryl methyl sites for hydroxylation is 2. The van der Waals surface area contributed by atoms with Crippen LogP contribution in [0.1, 0.15) is 47.4 Å². The summed E-state index contributed by atoms with van der Waals surface area (Å²) in [5.41, 5.74) is 3.65. The number of rotatable bonds is 4. The van der Waals surface area contributed by atoms with Crippen molar-refractivity contribution in [2.75, 3.05) is 6.54 Å². The zero-order valence-corrected chi connectivity index (χ0v) is 14.3. The molecular weight excluding hydrogens is 302 g/mol. The van der Waals surface area contributed by atoms with Crippen molar-refractivity contribution in [2.24, 2.45) is 5.92 Å². The van der Waals surface area contributed by atoms with Gasteiger partial charge < -0.3 is 10.4 Å². The molecule has 2 atom stereocenters. The maximum absolute atomic E-state index is 12.3. The van der Waals surface area contributed by atoms with Gasteiger partial charge in [-0.05, 0) is 69.4 Å². The normalized spacial score (nSPS) is 20.8. The average molecular weight is 327 g/mol. The number of amides is 1. The molecule has 0 aliphatic heterocycles. The van der Waals surface area contributed by atoms with E-state index in [4.69, 9.17) is 0 Å². The Kier molecular flexibility index (Phi) is 5.00. The fourth-order valence-electron chi connectivity index (χ4n) is 3.43. The van der Waals surface area contributed by atoms with Crippen LogP contribution in [-0.4, -0.2) is 33.4 Å². The van der Waals surface area contributed by atoms with Crippen LogP contribution in [0.25, 0.3) is 5.69 Å². The van der Waals surface area contributed by atoms with Crippen molar-refractivity contribution in [1.82, 2.24) is 15.1 Å². The molecule has 1 heterocycles. The summed E-state index contributed by atoms with van der Waals surface area (Å²) in [5.74, 6) is 0.321. The van der Waals surface area contributed by atoms with E-state index in [9.17, 15) is 9.90 Å². The van der Waals surface area contributed by atoms with E-state index >= 15 is 0 Å². The summed E-state index contributed by atoms with van der Waals surface area (Å²) in [6.45, 7) is 4.61. The highest BCUT2D eigenvalue weighted by Gasteiger charge is 2.20. The molecule has 3 rings (SSSR count). The van der Waals surface area contributed by atoms with Crippen molar-refractivity contribution >= 4 is 5.91 Å². The van der Waals surface area contributed by atoms with Gasteiger partial charge in [-0.2, -0.15) is 5.10 Å². The summed E-state index contributed by atoms with van der Waals surface area (Å²) in [5, 5.41) is 17.1. The maximum Gasteiger partial charge on any atom is 0.251 e. The standard InChI is InChI=1S/C19H25N3O2/c1-13-10-14(2)22(21-13)17-8-6-16(7-9-17)19(24)20-12-15-4-3-5-18(23)11-15/h6-10,15,18,23H,3-5,11-12H2,1-2H3,(H,20,24). The largest absolute Gasteiger partial charge is 0.393 e. The van der Waals surface area contributed by atoms with Crippen LogP contribution in [0.4, 0.5) is 0 Å². The summed E-state index contributed by atoms with van der Waals surface area (Å²) in [6.07, 6.45) is 3.59. The molecule has 1 fully saturated rings. The van der Waals surface area contributed by atoms with Gasteiger partial charge in [0.05, 0.1) is 17.5 Å². The van der Waals surface area contributed by atoms with Crippen molar-refractivity contribution in [1.29, 1.82) is 0 Å². The molecule has 1 saturated carbocycles. The van der Waals surface area contributed by atoms with Crippen LogP contribution in [-0.2, 0) is 0 Å². The van der Waals surface area contributed by atoms with Gasteiger partial charge in [0.15, 0.2) is 0 Å². The molecule has 2 unspecified atom stereocenters. The Hall–Kier alpha value is -2.14. The smallest absolute Gasteiger partial charge is 0.251 e. The molecule has 0 saturated heterocycles. The maximum atomic E-state index is 12.3. The Balaban J connectivity index is 1.60. The lowest BCUT2D eigenvalue weighted by atomic mass is 9.87. The van der Waals surface area contributed by atoms with Gasteiger partial charge in [0.1, 0.15) is 0 Å². The number of nitrogens with zero attached hydrogens (tertiary/aromatic N) is 2. The monoisotopic (exact) mass is 327 g/mol. The Labute approximate surface area is 142 Å². The summed E-state index contributed by atoms with van der Waals surface area (Å²) in [6, 6.07) is 9.52. The van der Waals surface area contributed by atoms with Crippen molar-refractivity contribution in [2.45, 2.75) is 45.6 Å². The number of hydrogen-bond donors (Lipinski definition) is 2. The third kappa shape index (κ3) is 3.85. The second kappa shape index (κ2) is 7.18. The minimum Gasteiger partial charge on any atom is -0.393 e. The van der Waals surface area contributed by atoms with E-state index in [1.165, 1.54) is 0 Å². The van der Waals surface area contributed by atoms with Crippen molar-refractivity contribution in [3.05, 3.63) is 47.3 Å². The van der Waals surface area contributed by atoms with Gasteiger partial charge in [-0.15, -0.1) is 0 Å². The highest BCUT2D eigenvalue weighted by Crippen LogP contribution is 2.23. The highest BCUT2D eigenvalue weighted by molar-refractivity contribution is 5.94. The molecule has 5 nitrogen and oxygen atoms in total. The molecule has 5 heteroatoms. The molecule has 1 aromatic heterocycles. The minimum atomic E-state index is -0.208. The molecule has 128 valence electrons. The molecule has 2 N–H and O–H groups in total. The van der Waals surface area contributed by atoms with Gasteiger partial charge in [-0.25, -0.2) is 4.68 Å². The van der Waals surface area contributed by atoms with E-state index in [-0.39, 0.29) is 12.0 Å². The molecule has 2 aromatic rings.